The van der Waals surface area contributed by atoms with Gasteiger partial charge in [0.05, 0.1) is 25.5 Å². The van der Waals surface area contributed by atoms with Crippen molar-refractivity contribution >= 4 is 17.6 Å². The van der Waals surface area contributed by atoms with Crippen molar-refractivity contribution in [2.24, 2.45) is 0 Å². The Balaban J connectivity index is 1.28. The van der Waals surface area contributed by atoms with E-state index in [1.165, 1.54) is 19.3 Å². The molecule has 0 spiro atoms. The maximum Gasteiger partial charge on any atom is 0.315 e. The van der Waals surface area contributed by atoms with Crippen LogP contribution in [-0.2, 0) is 9.47 Å². The average Bonchev–Trinajstić information content (AvgIpc) is 3.22. The van der Waals surface area contributed by atoms with Crippen LogP contribution in [0.3, 0.4) is 0 Å². The summed E-state index contributed by atoms with van der Waals surface area (Å²) in [5.74, 6) is 0.624. The molecular formula is C18H24ClN3O4. The highest BCUT2D eigenvalue weighted by atomic mass is 35.5. The summed E-state index contributed by atoms with van der Waals surface area (Å²) in [6.07, 6.45) is 6.70. The van der Waals surface area contributed by atoms with Crippen LogP contribution in [0.5, 0.6) is 5.75 Å². The first kappa shape index (κ1) is 17.8. The number of ether oxygens (including phenoxy) is 3. The van der Waals surface area contributed by atoms with Gasteiger partial charge < -0.3 is 24.8 Å². The molecule has 1 aromatic rings. The Hall–Kier alpha value is -1.57. The molecule has 1 aromatic heterocycles. The smallest absolute Gasteiger partial charge is 0.315 e. The number of nitrogens with one attached hydrogen (secondary N) is 2. The van der Waals surface area contributed by atoms with E-state index >= 15 is 0 Å². The van der Waals surface area contributed by atoms with Gasteiger partial charge >= 0.3 is 6.03 Å². The monoisotopic (exact) mass is 381 g/mol. The molecule has 3 aliphatic rings. The number of fused-ring (bicyclic) bond motifs is 1. The van der Waals surface area contributed by atoms with Crippen molar-refractivity contribution < 1.29 is 19.0 Å². The quantitative estimate of drug-likeness (QED) is 0.782. The number of aromatic nitrogens is 1. The van der Waals surface area contributed by atoms with Gasteiger partial charge in [-0.1, -0.05) is 30.9 Å². The lowest BCUT2D eigenvalue weighted by molar-refractivity contribution is 0.0302. The van der Waals surface area contributed by atoms with Gasteiger partial charge in [-0.15, -0.1) is 0 Å². The molecular weight excluding hydrogens is 358 g/mol. The van der Waals surface area contributed by atoms with Gasteiger partial charge in [0, 0.05) is 6.04 Å². The van der Waals surface area contributed by atoms with Crippen LogP contribution in [-0.4, -0.2) is 54.6 Å². The second-order valence-electron chi connectivity index (χ2n) is 7.13. The first-order chi connectivity index (χ1) is 12.7. The number of rotatable bonds is 4. The molecule has 0 aromatic carbocycles. The summed E-state index contributed by atoms with van der Waals surface area (Å²) in [5.41, 5.74) is 0. The molecule has 1 aliphatic carbocycles. The van der Waals surface area contributed by atoms with Crippen molar-refractivity contribution in [3.8, 4) is 5.75 Å². The highest BCUT2D eigenvalue weighted by Gasteiger charge is 2.49. The SMILES string of the molecule is O=C(NC1CCCCC1)N[C@H]1CO[C@H]2[C@@H]1OC[C@@H]2Oc1ccc(Cl)nc1. The molecule has 2 aliphatic heterocycles. The van der Waals surface area contributed by atoms with Crippen LogP contribution in [0.2, 0.25) is 5.15 Å². The van der Waals surface area contributed by atoms with Crippen molar-refractivity contribution in [2.45, 2.75) is 62.5 Å². The third kappa shape index (κ3) is 4.05. The lowest BCUT2D eigenvalue weighted by Crippen LogP contribution is -2.51. The van der Waals surface area contributed by atoms with Gasteiger partial charge in [-0.25, -0.2) is 9.78 Å². The zero-order valence-corrected chi connectivity index (χ0v) is 15.3. The first-order valence-electron chi connectivity index (χ1n) is 9.27. The number of pyridine rings is 1. The summed E-state index contributed by atoms with van der Waals surface area (Å²) >= 11 is 5.79. The molecule has 3 heterocycles. The Morgan fingerprint density at radius 3 is 2.69 bits per heavy atom. The van der Waals surface area contributed by atoms with Crippen LogP contribution >= 0.6 is 11.6 Å². The number of carbonyl (C=O) groups is 1. The van der Waals surface area contributed by atoms with E-state index in [9.17, 15) is 4.79 Å². The van der Waals surface area contributed by atoms with Crippen molar-refractivity contribution in [1.82, 2.24) is 15.6 Å². The number of amides is 2. The molecule has 2 N–H and O–H groups in total. The summed E-state index contributed by atoms with van der Waals surface area (Å²) < 4.78 is 17.6. The van der Waals surface area contributed by atoms with Gasteiger partial charge in [0.1, 0.15) is 23.1 Å². The standard InChI is InChI=1S/C18H24ClN3O4/c19-15-7-6-12(8-20-15)26-14-10-25-16-13(9-24-17(14)16)22-18(23)21-11-4-2-1-3-5-11/h6-8,11,13-14,16-17H,1-5,9-10H2,(H2,21,22,23)/t13-,14-,16+,17+/m0/s1. The Kier molecular flexibility index (Phi) is 5.47. The van der Waals surface area contributed by atoms with Crippen LogP contribution < -0.4 is 15.4 Å². The molecule has 1 saturated carbocycles. The van der Waals surface area contributed by atoms with Gasteiger partial charge in [0.15, 0.2) is 6.10 Å². The molecule has 26 heavy (non-hydrogen) atoms. The highest BCUT2D eigenvalue weighted by Crippen LogP contribution is 2.30. The van der Waals surface area contributed by atoms with E-state index in [1.54, 1.807) is 18.3 Å². The van der Waals surface area contributed by atoms with E-state index in [2.05, 4.69) is 15.6 Å². The van der Waals surface area contributed by atoms with Gasteiger partial charge in [0.2, 0.25) is 0 Å². The minimum absolute atomic E-state index is 0.138. The van der Waals surface area contributed by atoms with Crippen LogP contribution in [0.15, 0.2) is 18.3 Å². The van der Waals surface area contributed by atoms with Crippen molar-refractivity contribution in [1.29, 1.82) is 0 Å². The van der Waals surface area contributed by atoms with Crippen molar-refractivity contribution in [3.05, 3.63) is 23.5 Å². The van der Waals surface area contributed by atoms with E-state index in [4.69, 9.17) is 25.8 Å². The summed E-state index contributed by atoms with van der Waals surface area (Å²) in [6, 6.07) is 3.42. The third-order valence-corrected chi connectivity index (χ3v) is 5.48. The molecule has 4 rings (SSSR count). The fourth-order valence-corrected chi connectivity index (χ4v) is 4.05. The molecule has 0 bridgehead atoms. The lowest BCUT2D eigenvalue weighted by atomic mass is 9.96. The zero-order chi connectivity index (χ0) is 17.9. The summed E-state index contributed by atoms with van der Waals surface area (Å²) in [6.45, 7) is 0.840. The molecule has 0 unspecified atom stereocenters. The summed E-state index contributed by atoms with van der Waals surface area (Å²) in [5, 5.41) is 6.49. The average molecular weight is 382 g/mol. The lowest BCUT2D eigenvalue weighted by Gasteiger charge is -2.24. The Labute approximate surface area is 157 Å². The highest BCUT2D eigenvalue weighted by molar-refractivity contribution is 6.29. The third-order valence-electron chi connectivity index (χ3n) is 5.25. The second kappa shape index (κ2) is 7.98. The minimum atomic E-state index is -0.226. The number of hydrogen-bond donors (Lipinski definition) is 2. The topological polar surface area (TPSA) is 81.7 Å². The first-order valence-corrected chi connectivity index (χ1v) is 9.65. The van der Waals surface area contributed by atoms with Gasteiger partial charge in [-0.3, -0.25) is 0 Å². The van der Waals surface area contributed by atoms with E-state index in [0.717, 1.165) is 12.8 Å². The van der Waals surface area contributed by atoms with E-state index in [1.807, 2.05) is 0 Å². The van der Waals surface area contributed by atoms with Crippen LogP contribution in [0.25, 0.3) is 0 Å². The molecule has 8 heteroatoms. The fourth-order valence-electron chi connectivity index (χ4n) is 3.94. The number of carbonyl (C=O) groups excluding carboxylic acids is 1. The zero-order valence-electron chi connectivity index (χ0n) is 14.5. The van der Waals surface area contributed by atoms with Gasteiger partial charge in [-0.05, 0) is 25.0 Å². The molecule has 2 amide bonds. The maximum absolute atomic E-state index is 12.3. The number of halogens is 1. The Bertz CT molecular complexity index is 623. The van der Waals surface area contributed by atoms with Crippen molar-refractivity contribution in [3.63, 3.8) is 0 Å². The van der Waals surface area contributed by atoms with Crippen LogP contribution in [0.4, 0.5) is 4.79 Å². The van der Waals surface area contributed by atoms with Crippen molar-refractivity contribution in [2.75, 3.05) is 13.2 Å². The predicted octanol–water partition coefficient (Wildman–Crippen LogP) is 2.28. The Morgan fingerprint density at radius 2 is 1.92 bits per heavy atom. The van der Waals surface area contributed by atoms with E-state index < -0.39 is 0 Å². The van der Waals surface area contributed by atoms with Crippen LogP contribution in [0, 0.1) is 0 Å². The predicted molar refractivity (Wildman–Crippen MR) is 95.5 cm³/mol. The molecule has 142 valence electrons. The van der Waals surface area contributed by atoms with E-state index in [0.29, 0.717) is 24.1 Å². The number of nitrogens with zero attached hydrogens (tertiary/aromatic N) is 1. The fraction of sp³-hybridized carbons (Fsp3) is 0.667. The normalized spacial score (nSPS) is 31.4. The second-order valence-corrected chi connectivity index (χ2v) is 7.52. The van der Waals surface area contributed by atoms with Gasteiger partial charge in [-0.2, -0.15) is 0 Å². The maximum atomic E-state index is 12.3. The number of urea groups is 1. The molecule has 3 fully saturated rings. The summed E-state index contributed by atoms with van der Waals surface area (Å²) in [7, 11) is 0. The minimum Gasteiger partial charge on any atom is -0.484 e. The summed E-state index contributed by atoms with van der Waals surface area (Å²) in [4.78, 5) is 16.3. The largest absolute Gasteiger partial charge is 0.484 e. The van der Waals surface area contributed by atoms with Gasteiger partial charge in [0.25, 0.3) is 0 Å². The van der Waals surface area contributed by atoms with E-state index in [-0.39, 0.29) is 36.4 Å². The molecule has 4 atom stereocenters. The molecule has 7 nitrogen and oxygen atoms in total. The molecule has 0 radical (unpaired) electrons. The number of hydrogen-bond acceptors (Lipinski definition) is 5. The Morgan fingerprint density at radius 1 is 1.12 bits per heavy atom. The van der Waals surface area contributed by atoms with Crippen LogP contribution in [0.1, 0.15) is 32.1 Å². The molecule has 2 saturated heterocycles.